The first-order valence-electron chi connectivity index (χ1n) is 10.2. The minimum atomic E-state index is 0. The molecule has 0 radical (unpaired) electrons. The minimum Gasteiger partial charge on any atom is -1.00 e. The van der Waals surface area contributed by atoms with Crippen molar-refractivity contribution in [3.05, 3.63) is 0 Å². The van der Waals surface area contributed by atoms with E-state index < -0.39 is 0 Å². The third-order valence-corrected chi connectivity index (χ3v) is 5.24. The van der Waals surface area contributed by atoms with Crippen LogP contribution in [0.25, 0.3) is 0 Å². The van der Waals surface area contributed by atoms with E-state index in [9.17, 15) is 0 Å². The maximum atomic E-state index is 5.92. The van der Waals surface area contributed by atoms with Gasteiger partial charge < -0.3 is 28.5 Å². The van der Waals surface area contributed by atoms with E-state index in [4.69, 9.17) is 11.6 Å². The molecule has 0 aromatic heterocycles. The fourth-order valence-electron chi connectivity index (χ4n) is 3.48. The summed E-state index contributed by atoms with van der Waals surface area (Å²) in [6, 6.07) is 0. The van der Waals surface area contributed by atoms with Crippen molar-refractivity contribution in [3.8, 4) is 0 Å². The van der Waals surface area contributed by atoms with E-state index in [-0.39, 0.29) is 24.0 Å². The van der Waals surface area contributed by atoms with Crippen molar-refractivity contribution in [2.45, 2.75) is 97.8 Å². The van der Waals surface area contributed by atoms with Gasteiger partial charge in [-0.3, -0.25) is 0 Å². The molecule has 142 valence electrons. The van der Waals surface area contributed by atoms with Gasteiger partial charge in [0, 0.05) is 5.88 Å². The standard InChI is InChI=1S/C20H43ClN.HI/c1-4-7-10-14-19-22(17-12-8-5-2,18-13-9-6-3)20-15-11-16-21;/h4-20H2,1-3H3;1H/q+1;/p-1. The highest BCUT2D eigenvalue weighted by Crippen LogP contribution is 2.18. The highest BCUT2D eigenvalue weighted by atomic mass is 127. The lowest BCUT2D eigenvalue weighted by Gasteiger charge is -2.39. The predicted octanol–water partition coefficient (Wildman–Crippen LogP) is 3.79. The second-order valence-electron chi connectivity index (χ2n) is 7.11. The van der Waals surface area contributed by atoms with Gasteiger partial charge in [0.2, 0.25) is 0 Å². The molecule has 0 aromatic rings. The van der Waals surface area contributed by atoms with Gasteiger partial charge in [0.15, 0.2) is 0 Å². The minimum absolute atomic E-state index is 0. The van der Waals surface area contributed by atoms with Crippen LogP contribution in [0.15, 0.2) is 0 Å². The molecule has 0 N–H and O–H groups in total. The first-order chi connectivity index (χ1) is 10.7. The zero-order chi connectivity index (χ0) is 16.5. The fraction of sp³-hybridized carbons (Fsp3) is 1.00. The van der Waals surface area contributed by atoms with Gasteiger partial charge in [-0.25, -0.2) is 0 Å². The van der Waals surface area contributed by atoms with Crippen molar-refractivity contribution in [2.24, 2.45) is 0 Å². The van der Waals surface area contributed by atoms with E-state index in [2.05, 4.69) is 20.8 Å². The molecule has 0 bridgehead atoms. The SMILES string of the molecule is CCCCCC[N+](CCCCC)(CCCCC)CCCCCl.[I-]. The van der Waals surface area contributed by atoms with Gasteiger partial charge in [-0.05, 0) is 51.4 Å². The third-order valence-electron chi connectivity index (χ3n) is 4.97. The average molecular weight is 460 g/mol. The highest BCUT2D eigenvalue weighted by molar-refractivity contribution is 6.17. The summed E-state index contributed by atoms with van der Waals surface area (Å²) in [7, 11) is 0. The molecule has 0 rings (SSSR count). The fourth-order valence-corrected chi connectivity index (χ4v) is 3.67. The summed E-state index contributed by atoms with van der Waals surface area (Å²) in [4.78, 5) is 0. The van der Waals surface area contributed by atoms with Crippen LogP contribution < -0.4 is 24.0 Å². The quantitative estimate of drug-likeness (QED) is 0.134. The number of unbranched alkanes of at least 4 members (excludes halogenated alkanes) is 8. The second-order valence-corrected chi connectivity index (χ2v) is 7.48. The molecule has 0 atom stereocenters. The number of nitrogens with zero attached hydrogens (tertiary/aromatic N) is 1. The van der Waals surface area contributed by atoms with Crippen molar-refractivity contribution in [1.29, 1.82) is 0 Å². The van der Waals surface area contributed by atoms with Gasteiger partial charge in [0.1, 0.15) is 0 Å². The summed E-state index contributed by atoms with van der Waals surface area (Å²) in [5.41, 5.74) is 0. The molecule has 0 fully saturated rings. The molecular formula is C20H43ClIN. The Morgan fingerprint density at radius 2 is 0.870 bits per heavy atom. The molecule has 0 heterocycles. The third kappa shape index (κ3) is 15.0. The molecule has 3 heteroatoms. The van der Waals surface area contributed by atoms with Crippen LogP contribution in [0.2, 0.25) is 0 Å². The zero-order valence-electron chi connectivity index (χ0n) is 16.2. The number of hydrogen-bond donors (Lipinski definition) is 0. The highest BCUT2D eigenvalue weighted by Gasteiger charge is 2.25. The molecule has 0 aliphatic carbocycles. The van der Waals surface area contributed by atoms with E-state index in [1.54, 1.807) is 0 Å². The van der Waals surface area contributed by atoms with E-state index in [1.165, 1.54) is 108 Å². The summed E-state index contributed by atoms with van der Waals surface area (Å²) in [6.45, 7) is 12.5. The van der Waals surface area contributed by atoms with Gasteiger partial charge in [-0.15, -0.1) is 11.6 Å². The van der Waals surface area contributed by atoms with E-state index in [0.29, 0.717) is 0 Å². The molecule has 0 saturated carbocycles. The summed E-state index contributed by atoms with van der Waals surface area (Å²) < 4.78 is 1.39. The van der Waals surface area contributed by atoms with Gasteiger partial charge >= 0.3 is 0 Å². The van der Waals surface area contributed by atoms with E-state index >= 15 is 0 Å². The maximum absolute atomic E-state index is 5.92. The summed E-state index contributed by atoms with van der Waals surface area (Å²) in [5, 5.41) is 0. The van der Waals surface area contributed by atoms with Crippen molar-refractivity contribution in [1.82, 2.24) is 0 Å². The van der Waals surface area contributed by atoms with E-state index in [0.717, 1.165) is 5.88 Å². The van der Waals surface area contributed by atoms with Crippen LogP contribution in [0.5, 0.6) is 0 Å². The van der Waals surface area contributed by atoms with Crippen LogP contribution in [0.3, 0.4) is 0 Å². The number of quaternary nitrogens is 1. The Balaban J connectivity index is 0. The van der Waals surface area contributed by atoms with Crippen LogP contribution in [0, 0.1) is 0 Å². The van der Waals surface area contributed by atoms with E-state index in [1.807, 2.05) is 0 Å². The number of hydrogen-bond acceptors (Lipinski definition) is 0. The Labute approximate surface area is 169 Å². The second kappa shape index (κ2) is 19.3. The molecule has 0 amide bonds. The van der Waals surface area contributed by atoms with Crippen LogP contribution >= 0.6 is 11.6 Å². The number of alkyl halides is 1. The Bertz CT molecular complexity index is 197. The van der Waals surface area contributed by atoms with Crippen LogP contribution in [-0.4, -0.2) is 36.5 Å². The number of halogens is 2. The maximum Gasteiger partial charge on any atom is 0.0787 e. The van der Waals surface area contributed by atoms with Crippen LogP contribution in [-0.2, 0) is 0 Å². The average Bonchev–Trinajstić information content (AvgIpc) is 2.52. The lowest BCUT2D eigenvalue weighted by Crippen LogP contribution is -3.00. The summed E-state index contributed by atoms with van der Waals surface area (Å²) in [6.07, 6.45) is 16.4. The van der Waals surface area contributed by atoms with Gasteiger partial charge in [0.05, 0.1) is 26.2 Å². The summed E-state index contributed by atoms with van der Waals surface area (Å²) >= 11 is 5.92. The number of rotatable bonds is 17. The van der Waals surface area contributed by atoms with Crippen molar-refractivity contribution in [3.63, 3.8) is 0 Å². The molecule has 0 spiro atoms. The molecule has 0 aliphatic heterocycles. The largest absolute Gasteiger partial charge is 1.00 e. The van der Waals surface area contributed by atoms with Crippen molar-refractivity contribution in [2.75, 3.05) is 32.1 Å². The first-order valence-corrected chi connectivity index (χ1v) is 10.7. The Kier molecular flexibility index (Phi) is 22.0. The molecule has 23 heavy (non-hydrogen) atoms. The van der Waals surface area contributed by atoms with Gasteiger partial charge in [-0.1, -0.05) is 46.5 Å². The lowest BCUT2D eigenvalue weighted by atomic mass is 10.1. The topological polar surface area (TPSA) is 0 Å². The molecular weight excluding hydrogens is 417 g/mol. The Morgan fingerprint density at radius 1 is 0.522 bits per heavy atom. The Morgan fingerprint density at radius 3 is 1.26 bits per heavy atom. The molecule has 1 nitrogen and oxygen atoms in total. The van der Waals surface area contributed by atoms with Gasteiger partial charge in [-0.2, -0.15) is 0 Å². The summed E-state index contributed by atoms with van der Waals surface area (Å²) in [5.74, 6) is 0.833. The predicted molar refractivity (Wildman–Crippen MR) is 103 cm³/mol. The zero-order valence-corrected chi connectivity index (χ0v) is 19.1. The van der Waals surface area contributed by atoms with Crippen LogP contribution in [0.1, 0.15) is 97.8 Å². The first kappa shape index (κ1) is 26.2. The van der Waals surface area contributed by atoms with Crippen molar-refractivity contribution < 1.29 is 28.5 Å². The molecule has 0 saturated heterocycles. The molecule has 0 aliphatic rings. The smallest absolute Gasteiger partial charge is 0.0787 e. The normalized spacial score (nSPS) is 11.5. The lowest BCUT2D eigenvalue weighted by molar-refractivity contribution is -0.929. The molecule has 0 unspecified atom stereocenters. The Hall–Kier alpha value is 0.980. The van der Waals surface area contributed by atoms with Gasteiger partial charge in [0.25, 0.3) is 0 Å². The molecule has 0 aromatic carbocycles. The van der Waals surface area contributed by atoms with Crippen LogP contribution in [0.4, 0.5) is 0 Å². The monoisotopic (exact) mass is 459 g/mol. The van der Waals surface area contributed by atoms with Crippen molar-refractivity contribution >= 4 is 11.6 Å².